The Morgan fingerprint density at radius 3 is 2.94 bits per heavy atom. The molecule has 0 saturated heterocycles. The van der Waals surface area contributed by atoms with Crippen LogP contribution in [0.5, 0.6) is 5.75 Å². The summed E-state index contributed by atoms with van der Waals surface area (Å²) in [6.45, 7) is 3.09. The van der Waals surface area contributed by atoms with E-state index in [0.29, 0.717) is 6.04 Å². The summed E-state index contributed by atoms with van der Waals surface area (Å²) >= 11 is 6.39. The minimum absolute atomic E-state index is 0.491. The maximum absolute atomic E-state index is 6.39. The summed E-state index contributed by atoms with van der Waals surface area (Å²) < 4.78 is 7.67. The monoisotopic (exact) mass is 264 g/mol. The Hall–Kier alpha value is -1.19. The van der Waals surface area contributed by atoms with Crippen LogP contribution >= 0.6 is 11.6 Å². The summed E-state index contributed by atoms with van der Waals surface area (Å²) in [6, 6.07) is 4.35. The van der Waals surface area contributed by atoms with Gasteiger partial charge < -0.3 is 14.6 Å². The third-order valence-corrected chi connectivity index (χ3v) is 4.14. The molecule has 0 aliphatic carbocycles. The highest BCUT2D eigenvalue weighted by Crippen LogP contribution is 2.38. The van der Waals surface area contributed by atoms with Gasteiger partial charge >= 0.3 is 0 Å². The second kappa shape index (κ2) is 4.18. The van der Waals surface area contributed by atoms with Crippen LogP contribution in [0.15, 0.2) is 12.1 Å². The smallest absolute Gasteiger partial charge is 0.143 e. The van der Waals surface area contributed by atoms with E-state index in [1.54, 1.807) is 7.11 Å². The highest BCUT2D eigenvalue weighted by Gasteiger charge is 2.24. The third-order valence-electron chi connectivity index (χ3n) is 3.83. The minimum Gasteiger partial charge on any atom is -0.495 e. The molecule has 1 aliphatic rings. The van der Waals surface area contributed by atoms with E-state index in [2.05, 4.69) is 23.9 Å². The molecular weight excluding hydrogens is 248 g/mol. The van der Waals surface area contributed by atoms with Gasteiger partial charge in [0.2, 0.25) is 0 Å². The highest BCUT2D eigenvalue weighted by atomic mass is 35.5. The molecule has 3 nitrogen and oxygen atoms in total. The van der Waals surface area contributed by atoms with Gasteiger partial charge in [0.15, 0.2) is 0 Å². The Morgan fingerprint density at radius 2 is 2.22 bits per heavy atom. The lowest BCUT2D eigenvalue weighted by Gasteiger charge is -2.21. The van der Waals surface area contributed by atoms with E-state index >= 15 is 0 Å². The van der Waals surface area contributed by atoms with Crippen molar-refractivity contribution in [3.05, 3.63) is 28.4 Å². The molecule has 96 valence electrons. The SMILES string of the molecule is COc1ccc(Cl)c2c3c(n(C)c12)CNC(C)C3. The summed E-state index contributed by atoms with van der Waals surface area (Å²) in [7, 11) is 3.78. The lowest BCUT2D eigenvalue weighted by molar-refractivity contribution is 0.417. The molecule has 18 heavy (non-hydrogen) atoms. The van der Waals surface area contributed by atoms with E-state index in [0.717, 1.165) is 34.6 Å². The van der Waals surface area contributed by atoms with Crippen LogP contribution in [0.3, 0.4) is 0 Å². The van der Waals surface area contributed by atoms with Crippen molar-refractivity contribution in [2.24, 2.45) is 7.05 Å². The molecule has 2 heterocycles. The summed E-state index contributed by atoms with van der Waals surface area (Å²) in [4.78, 5) is 0. The van der Waals surface area contributed by atoms with Crippen molar-refractivity contribution in [1.82, 2.24) is 9.88 Å². The number of fused-ring (bicyclic) bond motifs is 3. The fraction of sp³-hybridized carbons (Fsp3) is 0.429. The number of aryl methyl sites for hydroxylation is 1. The fourth-order valence-corrected chi connectivity index (χ4v) is 3.17. The first kappa shape index (κ1) is 11.9. The molecule has 1 unspecified atom stereocenters. The Balaban J connectivity index is 2.39. The normalized spacial score (nSPS) is 19.0. The molecule has 2 aromatic rings. The molecule has 3 rings (SSSR count). The molecule has 1 aromatic carbocycles. The number of nitrogens with one attached hydrogen (secondary N) is 1. The van der Waals surface area contributed by atoms with Gasteiger partial charge in [-0.05, 0) is 31.0 Å². The first-order valence-electron chi connectivity index (χ1n) is 6.19. The van der Waals surface area contributed by atoms with Crippen LogP contribution in [0.1, 0.15) is 18.2 Å². The van der Waals surface area contributed by atoms with Gasteiger partial charge in [-0.25, -0.2) is 0 Å². The van der Waals surface area contributed by atoms with Gasteiger partial charge in [-0.15, -0.1) is 0 Å². The van der Waals surface area contributed by atoms with Crippen LogP contribution in [-0.2, 0) is 20.0 Å². The molecular formula is C14H17ClN2O. The molecule has 0 fully saturated rings. The van der Waals surface area contributed by atoms with Crippen LogP contribution in [0.25, 0.3) is 10.9 Å². The van der Waals surface area contributed by atoms with E-state index in [9.17, 15) is 0 Å². The number of nitrogens with zero attached hydrogens (tertiary/aromatic N) is 1. The minimum atomic E-state index is 0.491. The first-order chi connectivity index (χ1) is 8.63. The Labute approximate surface area is 112 Å². The van der Waals surface area contributed by atoms with Crippen molar-refractivity contribution in [1.29, 1.82) is 0 Å². The first-order valence-corrected chi connectivity index (χ1v) is 6.57. The molecule has 0 saturated carbocycles. The van der Waals surface area contributed by atoms with E-state index in [1.807, 2.05) is 12.1 Å². The van der Waals surface area contributed by atoms with Gasteiger partial charge in [0.25, 0.3) is 0 Å². The van der Waals surface area contributed by atoms with Crippen molar-refractivity contribution >= 4 is 22.5 Å². The largest absolute Gasteiger partial charge is 0.495 e. The van der Waals surface area contributed by atoms with Crippen molar-refractivity contribution in [3.63, 3.8) is 0 Å². The average Bonchev–Trinajstić information content (AvgIpc) is 2.65. The number of halogens is 1. The second-order valence-electron chi connectivity index (χ2n) is 4.94. The number of hydrogen-bond donors (Lipinski definition) is 1. The predicted octanol–water partition coefficient (Wildman–Crippen LogP) is 2.87. The van der Waals surface area contributed by atoms with Gasteiger partial charge in [0.1, 0.15) is 5.75 Å². The Morgan fingerprint density at radius 1 is 1.44 bits per heavy atom. The van der Waals surface area contributed by atoms with Crippen LogP contribution in [0.2, 0.25) is 5.02 Å². The number of rotatable bonds is 1. The molecule has 0 amide bonds. The van der Waals surface area contributed by atoms with Crippen LogP contribution < -0.4 is 10.1 Å². The van der Waals surface area contributed by atoms with Crippen molar-refractivity contribution in [3.8, 4) is 5.75 Å². The third kappa shape index (κ3) is 1.54. The maximum Gasteiger partial charge on any atom is 0.143 e. The van der Waals surface area contributed by atoms with E-state index in [-0.39, 0.29) is 0 Å². The number of benzene rings is 1. The Bertz CT molecular complexity index is 618. The molecule has 1 aromatic heterocycles. The van der Waals surface area contributed by atoms with Crippen molar-refractivity contribution in [2.45, 2.75) is 25.9 Å². The zero-order valence-corrected chi connectivity index (χ0v) is 11.6. The molecule has 0 spiro atoms. The standard InChI is InChI=1S/C14H17ClN2O/c1-8-6-9-11(7-16-8)17(2)14-12(18-3)5-4-10(15)13(9)14/h4-5,8,16H,6-7H2,1-3H3. The van der Waals surface area contributed by atoms with Gasteiger partial charge in [-0.3, -0.25) is 0 Å². The average molecular weight is 265 g/mol. The lowest BCUT2D eigenvalue weighted by atomic mass is 9.99. The zero-order valence-electron chi connectivity index (χ0n) is 10.9. The number of aromatic nitrogens is 1. The lowest BCUT2D eigenvalue weighted by Crippen LogP contribution is -2.33. The van der Waals surface area contributed by atoms with Crippen molar-refractivity contribution < 1.29 is 4.74 Å². The molecule has 4 heteroatoms. The van der Waals surface area contributed by atoms with Crippen LogP contribution in [-0.4, -0.2) is 17.7 Å². The summed E-state index contributed by atoms with van der Waals surface area (Å²) in [6.07, 6.45) is 1.01. The second-order valence-corrected chi connectivity index (χ2v) is 5.35. The van der Waals surface area contributed by atoms with E-state index in [4.69, 9.17) is 16.3 Å². The number of methoxy groups -OCH3 is 1. The van der Waals surface area contributed by atoms with E-state index < -0.39 is 0 Å². The summed E-state index contributed by atoms with van der Waals surface area (Å²) in [5.74, 6) is 0.888. The number of hydrogen-bond acceptors (Lipinski definition) is 2. The Kier molecular flexibility index (Phi) is 2.76. The highest BCUT2D eigenvalue weighted by molar-refractivity contribution is 6.36. The summed E-state index contributed by atoms with van der Waals surface area (Å²) in [5.41, 5.74) is 3.78. The molecule has 0 bridgehead atoms. The molecule has 0 radical (unpaired) electrons. The van der Waals surface area contributed by atoms with Crippen LogP contribution in [0, 0.1) is 0 Å². The van der Waals surface area contributed by atoms with E-state index in [1.165, 1.54) is 11.3 Å². The van der Waals surface area contributed by atoms with Crippen LogP contribution in [0.4, 0.5) is 0 Å². The van der Waals surface area contributed by atoms with Gasteiger partial charge in [0.05, 0.1) is 17.6 Å². The number of ether oxygens (including phenoxy) is 1. The predicted molar refractivity (Wildman–Crippen MR) is 74.5 cm³/mol. The topological polar surface area (TPSA) is 26.2 Å². The van der Waals surface area contributed by atoms with Crippen molar-refractivity contribution in [2.75, 3.05) is 7.11 Å². The fourth-order valence-electron chi connectivity index (χ4n) is 2.91. The summed E-state index contributed by atoms with van der Waals surface area (Å²) in [5, 5.41) is 5.46. The molecule has 1 N–H and O–H groups in total. The zero-order chi connectivity index (χ0) is 12.9. The van der Waals surface area contributed by atoms with Gasteiger partial charge in [-0.2, -0.15) is 0 Å². The maximum atomic E-state index is 6.39. The molecule has 1 aliphatic heterocycles. The quantitative estimate of drug-likeness (QED) is 0.857. The van der Waals surface area contributed by atoms with Gasteiger partial charge in [0, 0.05) is 30.7 Å². The molecule has 1 atom stereocenters. The van der Waals surface area contributed by atoms with Gasteiger partial charge in [-0.1, -0.05) is 11.6 Å².